The Morgan fingerprint density at radius 2 is 1.71 bits per heavy atom. The third-order valence-corrected chi connectivity index (χ3v) is 9.56. The molecular formula is C33H43N3O2. The lowest BCUT2D eigenvalue weighted by atomic mass is 9.80. The van der Waals surface area contributed by atoms with Crippen LogP contribution < -0.4 is 0 Å². The molecule has 0 unspecified atom stereocenters. The summed E-state index contributed by atoms with van der Waals surface area (Å²) in [6, 6.07) is 20.7. The fraction of sp³-hybridized carbons (Fsp3) is 0.576. The molecular weight excluding hydrogens is 470 g/mol. The summed E-state index contributed by atoms with van der Waals surface area (Å²) in [4.78, 5) is 17.2. The van der Waals surface area contributed by atoms with Gasteiger partial charge in [0.2, 0.25) is 0 Å². The second-order valence-electron chi connectivity index (χ2n) is 12.1. The van der Waals surface area contributed by atoms with Crippen molar-refractivity contribution < 1.29 is 9.90 Å². The van der Waals surface area contributed by atoms with Crippen LogP contribution in [0.1, 0.15) is 74.0 Å². The van der Waals surface area contributed by atoms with E-state index in [1.807, 2.05) is 12.1 Å². The molecule has 3 atom stereocenters. The van der Waals surface area contributed by atoms with Crippen molar-refractivity contribution in [2.45, 2.75) is 69.7 Å². The Bertz CT molecular complexity index is 1070. The van der Waals surface area contributed by atoms with Gasteiger partial charge in [0.05, 0.1) is 11.6 Å². The van der Waals surface area contributed by atoms with E-state index in [0.29, 0.717) is 17.8 Å². The number of likely N-dealkylation sites (tertiary alicyclic amines) is 2. The number of aliphatic carboxylic acids is 1. The highest BCUT2D eigenvalue weighted by atomic mass is 16.4. The molecule has 202 valence electrons. The van der Waals surface area contributed by atoms with Crippen LogP contribution in [-0.2, 0) is 11.2 Å². The van der Waals surface area contributed by atoms with Crippen molar-refractivity contribution in [1.29, 1.82) is 5.26 Å². The molecule has 5 heteroatoms. The second kappa shape index (κ2) is 12.9. The van der Waals surface area contributed by atoms with Crippen LogP contribution in [0.5, 0.6) is 0 Å². The standard InChI is InChI=1S/C33H43N3O2/c34-21-28-14-12-25(13-15-28)6-4-7-26-16-18-35(19-17-26)22-30-23-36(24-31(30)29-10-2-1-3-11-29)32(33(37)38)20-27-8-5-9-27/h1-3,10-15,26-27,30-32H,4-9,16-20,22-24H2,(H,37,38)/t30-,31+,32+/m0/s1. The van der Waals surface area contributed by atoms with E-state index in [1.54, 1.807) is 0 Å². The van der Waals surface area contributed by atoms with E-state index in [0.717, 1.165) is 57.0 Å². The Hall–Kier alpha value is -2.68. The number of nitrogens with zero attached hydrogens (tertiary/aromatic N) is 3. The predicted octanol–water partition coefficient (Wildman–Crippen LogP) is 5.95. The monoisotopic (exact) mass is 513 g/mol. The van der Waals surface area contributed by atoms with E-state index in [2.05, 4.69) is 58.3 Å². The second-order valence-corrected chi connectivity index (χ2v) is 12.1. The predicted molar refractivity (Wildman–Crippen MR) is 151 cm³/mol. The minimum absolute atomic E-state index is 0.335. The number of hydrogen-bond acceptors (Lipinski definition) is 4. The number of aryl methyl sites for hydroxylation is 1. The van der Waals surface area contributed by atoms with Gasteiger partial charge in [-0.25, -0.2) is 0 Å². The van der Waals surface area contributed by atoms with E-state index in [4.69, 9.17) is 5.26 Å². The molecule has 2 aromatic rings. The quantitative estimate of drug-likeness (QED) is 0.402. The summed E-state index contributed by atoms with van der Waals surface area (Å²) in [5.41, 5.74) is 3.43. The maximum atomic E-state index is 12.3. The third kappa shape index (κ3) is 6.84. The van der Waals surface area contributed by atoms with Gasteiger partial charge in [-0.2, -0.15) is 5.26 Å². The largest absolute Gasteiger partial charge is 0.480 e. The van der Waals surface area contributed by atoms with Gasteiger partial charge >= 0.3 is 5.97 Å². The lowest BCUT2D eigenvalue weighted by molar-refractivity contribution is -0.144. The van der Waals surface area contributed by atoms with Gasteiger partial charge in [-0.1, -0.05) is 68.1 Å². The molecule has 1 N–H and O–H groups in total. The molecule has 2 aliphatic heterocycles. The molecule has 5 nitrogen and oxygen atoms in total. The molecule has 0 bridgehead atoms. The van der Waals surface area contributed by atoms with Crippen molar-refractivity contribution in [2.75, 3.05) is 32.7 Å². The summed E-state index contributed by atoms with van der Waals surface area (Å²) in [5.74, 6) is 1.65. The van der Waals surface area contributed by atoms with Gasteiger partial charge in [0.15, 0.2) is 0 Å². The zero-order chi connectivity index (χ0) is 26.3. The van der Waals surface area contributed by atoms with E-state index in [9.17, 15) is 9.90 Å². The van der Waals surface area contributed by atoms with Crippen molar-refractivity contribution >= 4 is 5.97 Å². The minimum atomic E-state index is -0.633. The first-order chi connectivity index (χ1) is 18.6. The van der Waals surface area contributed by atoms with E-state index in [1.165, 1.54) is 56.1 Å². The molecule has 2 aromatic carbocycles. The normalized spacial score (nSPS) is 24.1. The van der Waals surface area contributed by atoms with Crippen molar-refractivity contribution in [2.24, 2.45) is 17.8 Å². The van der Waals surface area contributed by atoms with Crippen molar-refractivity contribution in [3.05, 3.63) is 71.3 Å². The number of carboxylic acids is 1. The minimum Gasteiger partial charge on any atom is -0.480 e. The smallest absolute Gasteiger partial charge is 0.320 e. The van der Waals surface area contributed by atoms with Crippen molar-refractivity contribution in [3.8, 4) is 6.07 Å². The lowest BCUT2D eigenvalue weighted by Gasteiger charge is -2.35. The van der Waals surface area contributed by atoms with Gasteiger partial charge in [0, 0.05) is 25.6 Å². The average Bonchev–Trinajstić information content (AvgIpc) is 3.33. The van der Waals surface area contributed by atoms with Crippen LogP contribution in [0, 0.1) is 29.1 Å². The summed E-state index contributed by atoms with van der Waals surface area (Å²) < 4.78 is 0. The van der Waals surface area contributed by atoms with E-state index < -0.39 is 5.97 Å². The third-order valence-electron chi connectivity index (χ3n) is 9.56. The highest BCUT2D eigenvalue weighted by Crippen LogP contribution is 2.38. The van der Waals surface area contributed by atoms with E-state index in [-0.39, 0.29) is 6.04 Å². The van der Waals surface area contributed by atoms with Crippen LogP contribution in [0.3, 0.4) is 0 Å². The molecule has 2 heterocycles. The SMILES string of the molecule is N#Cc1ccc(CCCC2CCN(C[C@H]3CN([C@H](CC4CCC4)C(=O)O)C[C@@H]3c3ccccc3)CC2)cc1. The molecule has 0 amide bonds. The maximum absolute atomic E-state index is 12.3. The van der Waals surface area contributed by atoms with Crippen LogP contribution >= 0.6 is 0 Å². The fourth-order valence-electron chi connectivity index (χ4n) is 7.00. The first-order valence-corrected chi connectivity index (χ1v) is 14.8. The first kappa shape index (κ1) is 26.9. The molecule has 0 spiro atoms. The van der Waals surface area contributed by atoms with Gasteiger partial charge in [0.25, 0.3) is 0 Å². The molecule has 3 fully saturated rings. The highest BCUT2D eigenvalue weighted by molar-refractivity contribution is 5.73. The first-order valence-electron chi connectivity index (χ1n) is 14.8. The van der Waals surface area contributed by atoms with Crippen molar-refractivity contribution in [1.82, 2.24) is 9.80 Å². The number of carbonyl (C=O) groups is 1. The van der Waals surface area contributed by atoms with Gasteiger partial charge < -0.3 is 10.0 Å². The number of carboxylic acid groups (broad SMARTS) is 1. The Balaban J connectivity index is 1.13. The van der Waals surface area contributed by atoms with E-state index >= 15 is 0 Å². The van der Waals surface area contributed by atoms with Gasteiger partial charge in [0.1, 0.15) is 6.04 Å². The Kier molecular flexibility index (Phi) is 9.14. The van der Waals surface area contributed by atoms with Crippen LogP contribution in [0.4, 0.5) is 0 Å². The average molecular weight is 514 g/mol. The Morgan fingerprint density at radius 1 is 0.974 bits per heavy atom. The molecule has 5 rings (SSSR count). The lowest BCUT2D eigenvalue weighted by Crippen LogP contribution is -2.43. The van der Waals surface area contributed by atoms with Crippen molar-refractivity contribution in [3.63, 3.8) is 0 Å². The number of nitriles is 1. The molecule has 1 saturated carbocycles. The van der Waals surface area contributed by atoms with Crippen LogP contribution in [0.2, 0.25) is 0 Å². The van der Waals surface area contributed by atoms with Gasteiger partial charge in [-0.05, 0) is 86.2 Å². The molecule has 0 aromatic heterocycles. The molecule has 3 aliphatic rings. The van der Waals surface area contributed by atoms with Crippen LogP contribution in [0.25, 0.3) is 0 Å². The maximum Gasteiger partial charge on any atom is 0.320 e. The summed E-state index contributed by atoms with van der Waals surface area (Å²) in [7, 11) is 0. The van der Waals surface area contributed by atoms with Gasteiger partial charge in [-0.15, -0.1) is 0 Å². The summed E-state index contributed by atoms with van der Waals surface area (Å²) in [6.07, 6.45) is 10.6. The highest BCUT2D eigenvalue weighted by Gasteiger charge is 2.41. The topological polar surface area (TPSA) is 67.6 Å². The van der Waals surface area contributed by atoms with Gasteiger partial charge in [-0.3, -0.25) is 9.69 Å². The Labute approximate surface area is 228 Å². The molecule has 2 saturated heterocycles. The fourth-order valence-corrected chi connectivity index (χ4v) is 7.00. The molecule has 1 aliphatic carbocycles. The van der Waals surface area contributed by atoms with Crippen LogP contribution in [-0.4, -0.2) is 59.6 Å². The molecule has 0 radical (unpaired) electrons. The number of piperidine rings is 1. The number of benzene rings is 2. The zero-order valence-electron chi connectivity index (χ0n) is 22.7. The molecule has 38 heavy (non-hydrogen) atoms. The van der Waals surface area contributed by atoms with Crippen LogP contribution in [0.15, 0.2) is 54.6 Å². The number of rotatable bonds is 11. The Morgan fingerprint density at radius 3 is 2.34 bits per heavy atom. The summed E-state index contributed by atoms with van der Waals surface area (Å²) >= 11 is 0. The summed E-state index contributed by atoms with van der Waals surface area (Å²) in [5, 5.41) is 19.1. The number of hydrogen-bond donors (Lipinski definition) is 1. The zero-order valence-corrected chi connectivity index (χ0v) is 22.7. The summed E-state index contributed by atoms with van der Waals surface area (Å²) in [6.45, 7) is 5.15.